The Morgan fingerprint density at radius 2 is 2.00 bits per heavy atom. The maximum atomic E-state index is 6.13. The summed E-state index contributed by atoms with van der Waals surface area (Å²) in [6.07, 6.45) is 2.59. The predicted octanol–water partition coefficient (Wildman–Crippen LogP) is 3.52. The smallest absolute Gasteiger partial charge is 0.191 e. The van der Waals surface area contributed by atoms with Crippen LogP contribution in [-0.4, -0.2) is 63.9 Å². The monoisotopic (exact) mass is 418 g/mol. The van der Waals surface area contributed by atoms with Crippen LogP contribution in [0.4, 0.5) is 0 Å². The number of nitrogens with one attached hydrogen (secondary N) is 2. The van der Waals surface area contributed by atoms with Gasteiger partial charge in [-0.25, -0.2) is 4.99 Å². The number of ether oxygens (including phenoxy) is 2. The van der Waals surface area contributed by atoms with Crippen LogP contribution in [0.25, 0.3) is 0 Å². The minimum atomic E-state index is 0.144. The minimum Gasteiger partial charge on any atom is -0.492 e. The van der Waals surface area contributed by atoms with Gasteiger partial charge in [-0.1, -0.05) is 39.0 Å². The summed E-state index contributed by atoms with van der Waals surface area (Å²) in [5.74, 6) is 2.25. The lowest BCUT2D eigenvalue weighted by Crippen LogP contribution is -2.47. The van der Waals surface area contributed by atoms with E-state index in [2.05, 4.69) is 63.4 Å². The van der Waals surface area contributed by atoms with E-state index in [1.165, 1.54) is 6.42 Å². The molecule has 30 heavy (non-hydrogen) atoms. The first-order chi connectivity index (χ1) is 14.3. The Bertz CT molecular complexity index is 655. The van der Waals surface area contributed by atoms with Crippen molar-refractivity contribution in [3.05, 3.63) is 29.8 Å². The summed E-state index contributed by atoms with van der Waals surface area (Å²) in [6.45, 7) is 13.6. The molecule has 6 heteroatoms. The number of guanidine groups is 1. The van der Waals surface area contributed by atoms with Gasteiger partial charge in [0.1, 0.15) is 12.4 Å². The summed E-state index contributed by atoms with van der Waals surface area (Å²) in [6, 6.07) is 8.16. The average Bonchev–Trinajstić information content (AvgIpc) is 2.70. The van der Waals surface area contributed by atoms with Crippen molar-refractivity contribution in [1.29, 1.82) is 0 Å². The van der Waals surface area contributed by atoms with Crippen LogP contribution in [0.5, 0.6) is 5.75 Å². The van der Waals surface area contributed by atoms with Crippen molar-refractivity contribution >= 4 is 5.96 Å². The van der Waals surface area contributed by atoms with Crippen molar-refractivity contribution in [2.24, 2.45) is 16.3 Å². The summed E-state index contributed by atoms with van der Waals surface area (Å²) in [7, 11) is 4.10. The van der Waals surface area contributed by atoms with Gasteiger partial charge >= 0.3 is 0 Å². The van der Waals surface area contributed by atoms with Crippen molar-refractivity contribution < 1.29 is 9.47 Å². The molecule has 0 spiro atoms. The lowest BCUT2D eigenvalue weighted by atomic mass is 9.78. The fraction of sp³-hybridized carbons (Fsp3) is 0.708. The van der Waals surface area contributed by atoms with E-state index < -0.39 is 0 Å². The molecule has 0 bridgehead atoms. The predicted molar refractivity (Wildman–Crippen MR) is 125 cm³/mol. The molecule has 1 aromatic rings. The standard InChI is InChI=1S/C24H42N4O2/c1-7-25-23(27-18-20-12-10-15-30-22(20)24(2,3)4)26-17-19-11-8-9-13-21(19)29-16-14-28(5)6/h8-9,11,13,20,22H,7,10,12,14-18H2,1-6H3,(H2,25,26,27). The van der Waals surface area contributed by atoms with Gasteiger partial charge in [-0.2, -0.15) is 0 Å². The highest BCUT2D eigenvalue weighted by molar-refractivity contribution is 5.79. The molecule has 0 aromatic heterocycles. The van der Waals surface area contributed by atoms with Gasteiger partial charge in [0.2, 0.25) is 0 Å². The molecule has 0 saturated carbocycles. The first-order valence-corrected chi connectivity index (χ1v) is 11.3. The number of para-hydroxylation sites is 1. The van der Waals surface area contributed by atoms with E-state index in [-0.39, 0.29) is 11.5 Å². The Morgan fingerprint density at radius 1 is 1.23 bits per heavy atom. The van der Waals surface area contributed by atoms with Crippen molar-refractivity contribution in [3.8, 4) is 5.75 Å². The molecule has 6 nitrogen and oxygen atoms in total. The second kappa shape index (κ2) is 12.2. The van der Waals surface area contributed by atoms with Gasteiger partial charge in [0.15, 0.2) is 5.96 Å². The van der Waals surface area contributed by atoms with Crippen LogP contribution in [0.3, 0.4) is 0 Å². The third kappa shape index (κ3) is 8.15. The van der Waals surface area contributed by atoms with Crippen molar-refractivity contribution in [3.63, 3.8) is 0 Å². The lowest BCUT2D eigenvalue weighted by Gasteiger charge is -2.40. The van der Waals surface area contributed by atoms with Crippen molar-refractivity contribution in [2.45, 2.75) is 53.2 Å². The van der Waals surface area contributed by atoms with Crippen LogP contribution in [-0.2, 0) is 11.3 Å². The van der Waals surface area contributed by atoms with Crippen LogP contribution >= 0.6 is 0 Å². The fourth-order valence-electron chi connectivity index (χ4n) is 3.86. The topological polar surface area (TPSA) is 58.1 Å². The SMILES string of the molecule is CCNC(=NCc1ccccc1OCCN(C)C)NCC1CCCOC1C(C)(C)C. The highest BCUT2D eigenvalue weighted by atomic mass is 16.5. The number of aliphatic imine (C=N–C) groups is 1. The number of likely N-dealkylation sites (N-methyl/N-ethyl adjacent to an activating group) is 1. The average molecular weight is 419 g/mol. The Labute approximate surface area is 183 Å². The highest BCUT2D eigenvalue weighted by Gasteiger charge is 2.35. The van der Waals surface area contributed by atoms with E-state index >= 15 is 0 Å². The number of rotatable bonds is 9. The molecule has 0 aliphatic carbocycles. The zero-order chi connectivity index (χ0) is 22.0. The number of hydrogen-bond donors (Lipinski definition) is 2. The fourth-order valence-corrected chi connectivity index (χ4v) is 3.86. The van der Waals surface area contributed by atoms with Gasteiger partial charge in [0, 0.05) is 37.7 Å². The van der Waals surface area contributed by atoms with E-state index in [4.69, 9.17) is 14.5 Å². The second-order valence-corrected chi connectivity index (χ2v) is 9.40. The van der Waals surface area contributed by atoms with Gasteiger partial charge < -0.3 is 25.0 Å². The van der Waals surface area contributed by atoms with E-state index in [1.54, 1.807) is 0 Å². The molecule has 0 amide bonds. The zero-order valence-corrected chi connectivity index (χ0v) is 19.8. The van der Waals surface area contributed by atoms with Gasteiger partial charge in [0.25, 0.3) is 0 Å². The molecule has 0 radical (unpaired) electrons. The van der Waals surface area contributed by atoms with E-state index in [0.29, 0.717) is 19.1 Å². The highest BCUT2D eigenvalue weighted by Crippen LogP contribution is 2.33. The Hall–Kier alpha value is -1.79. The first-order valence-electron chi connectivity index (χ1n) is 11.3. The second-order valence-electron chi connectivity index (χ2n) is 9.40. The summed E-state index contributed by atoms with van der Waals surface area (Å²) < 4.78 is 12.1. The normalized spacial score (nSPS) is 20.3. The molecule has 2 atom stereocenters. The number of nitrogens with zero attached hydrogens (tertiary/aromatic N) is 2. The maximum Gasteiger partial charge on any atom is 0.191 e. The minimum absolute atomic E-state index is 0.144. The lowest BCUT2D eigenvalue weighted by molar-refractivity contribution is -0.0835. The Kier molecular flexibility index (Phi) is 9.92. The van der Waals surface area contributed by atoms with Gasteiger partial charge in [-0.3, -0.25) is 0 Å². The third-order valence-corrected chi connectivity index (χ3v) is 5.35. The molecule has 170 valence electrons. The molecular weight excluding hydrogens is 376 g/mol. The van der Waals surface area contributed by atoms with Crippen molar-refractivity contribution in [1.82, 2.24) is 15.5 Å². The van der Waals surface area contributed by atoms with Crippen molar-refractivity contribution in [2.75, 3.05) is 46.9 Å². The van der Waals surface area contributed by atoms with Gasteiger partial charge in [0.05, 0.1) is 12.6 Å². The maximum absolute atomic E-state index is 6.13. The molecular formula is C24H42N4O2. The molecule has 1 aliphatic heterocycles. The van der Waals surface area contributed by atoms with E-state index in [0.717, 1.165) is 49.9 Å². The summed E-state index contributed by atoms with van der Waals surface area (Å²) >= 11 is 0. The largest absolute Gasteiger partial charge is 0.492 e. The van der Waals surface area contributed by atoms with Crippen LogP contribution < -0.4 is 15.4 Å². The molecule has 1 saturated heterocycles. The van der Waals surface area contributed by atoms with E-state index in [9.17, 15) is 0 Å². The summed E-state index contributed by atoms with van der Waals surface area (Å²) in [4.78, 5) is 6.94. The van der Waals surface area contributed by atoms with Gasteiger partial charge in [-0.15, -0.1) is 0 Å². The van der Waals surface area contributed by atoms with E-state index in [1.807, 2.05) is 18.2 Å². The molecule has 1 heterocycles. The van der Waals surface area contributed by atoms with Gasteiger partial charge in [-0.05, 0) is 45.3 Å². The Morgan fingerprint density at radius 3 is 2.70 bits per heavy atom. The third-order valence-electron chi connectivity index (χ3n) is 5.35. The summed E-state index contributed by atoms with van der Waals surface area (Å²) in [5.41, 5.74) is 1.24. The molecule has 1 fully saturated rings. The molecule has 2 rings (SSSR count). The molecule has 2 N–H and O–H groups in total. The molecule has 1 aliphatic rings. The molecule has 2 unspecified atom stereocenters. The van der Waals surface area contributed by atoms with Crippen LogP contribution in [0.2, 0.25) is 0 Å². The summed E-state index contributed by atoms with van der Waals surface area (Å²) in [5, 5.41) is 6.93. The number of hydrogen-bond acceptors (Lipinski definition) is 4. The van der Waals surface area contributed by atoms with Crippen LogP contribution in [0.1, 0.15) is 46.1 Å². The Balaban J connectivity index is 1.99. The van der Waals surface area contributed by atoms with Crippen LogP contribution in [0.15, 0.2) is 29.3 Å². The quantitative estimate of drug-likeness (QED) is 0.475. The first kappa shape index (κ1) is 24.5. The van der Waals surface area contributed by atoms with Crippen LogP contribution in [0, 0.1) is 11.3 Å². The number of benzene rings is 1. The molecule has 1 aromatic carbocycles. The zero-order valence-electron chi connectivity index (χ0n) is 19.8.